The summed E-state index contributed by atoms with van der Waals surface area (Å²) in [5, 5.41) is 6.59. The van der Waals surface area contributed by atoms with Gasteiger partial charge in [0.25, 0.3) is 5.91 Å². The largest absolute Gasteiger partial charge is 0.492 e. The highest BCUT2D eigenvalue weighted by Crippen LogP contribution is 2.42. The predicted molar refractivity (Wildman–Crippen MR) is 87.4 cm³/mol. The molecule has 0 aliphatic rings. The van der Waals surface area contributed by atoms with E-state index in [2.05, 4.69) is 24.5 Å². The summed E-state index contributed by atoms with van der Waals surface area (Å²) in [5.74, 6) is 0.871. The quantitative estimate of drug-likeness (QED) is 0.608. The van der Waals surface area contributed by atoms with Gasteiger partial charge in [0.1, 0.15) is 15.6 Å². The Morgan fingerprint density at radius 3 is 2.71 bits per heavy atom. The molecule has 6 nitrogen and oxygen atoms in total. The lowest BCUT2D eigenvalue weighted by atomic mass is 10.2. The normalized spacial score (nSPS) is 10.7. The number of carbonyl (C=O) groups is 1. The maximum absolute atomic E-state index is 11.7. The van der Waals surface area contributed by atoms with Gasteiger partial charge >= 0.3 is 0 Å². The second-order valence-corrected chi connectivity index (χ2v) is 6.06. The van der Waals surface area contributed by atoms with Gasteiger partial charge < -0.3 is 25.8 Å². The van der Waals surface area contributed by atoms with E-state index in [0.717, 1.165) is 24.6 Å². The van der Waals surface area contributed by atoms with Crippen molar-refractivity contribution in [2.24, 2.45) is 5.92 Å². The van der Waals surface area contributed by atoms with Crippen LogP contribution in [0.1, 0.15) is 29.9 Å². The fraction of sp³-hybridized carbons (Fsp3) is 0.643. The summed E-state index contributed by atoms with van der Waals surface area (Å²) in [6, 6.07) is 0. The molecule has 0 fully saturated rings. The van der Waals surface area contributed by atoms with Crippen LogP contribution in [0.25, 0.3) is 0 Å². The molecule has 0 radical (unpaired) electrons. The molecule has 1 aromatic heterocycles. The van der Waals surface area contributed by atoms with Crippen LogP contribution in [0.2, 0.25) is 0 Å². The van der Waals surface area contributed by atoms with Gasteiger partial charge in [0.15, 0.2) is 5.75 Å². The average molecular weight is 315 g/mol. The second kappa shape index (κ2) is 8.74. The first-order chi connectivity index (χ1) is 10.0. The summed E-state index contributed by atoms with van der Waals surface area (Å²) in [7, 11) is 3.12. The molecule has 0 aliphatic carbocycles. The highest BCUT2D eigenvalue weighted by Gasteiger charge is 2.20. The minimum atomic E-state index is -0.205. The van der Waals surface area contributed by atoms with Crippen LogP contribution in [0.4, 0.5) is 10.7 Å². The Hall–Kier alpha value is -1.47. The van der Waals surface area contributed by atoms with Crippen molar-refractivity contribution in [1.82, 2.24) is 5.32 Å². The van der Waals surface area contributed by atoms with Gasteiger partial charge in [0.2, 0.25) is 0 Å². The third kappa shape index (κ3) is 5.09. The number of hydrogen-bond donors (Lipinski definition) is 3. The lowest BCUT2D eigenvalue weighted by molar-refractivity contribution is 0.0967. The molecule has 0 atom stereocenters. The molecule has 7 heteroatoms. The standard InChI is InChI=1S/C14H25N3O3S/c1-9(2)8-20-7-5-6-17-14-11(19-4)10(15)12(21-14)13(18)16-3/h9,17H,5-8,15H2,1-4H3,(H,16,18). The van der Waals surface area contributed by atoms with Gasteiger partial charge in [0, 0.05) is 26.8 Å². The molecular formula is C14H25N3O3S. The molecule has 1 heterocycles. The molecule has 0 unspecified atom stereocenters. The van der Waals surface area contributed by atoms with Crippen molar-refractivity contribution in [3.05, 3.63) is 4.88 Å². The third-order valence-corrected chi connectivity index (χ3v) is 3.88. The zero-order valence-electron chi connectivity index (χ0n) is 13.1. The second-order valence-electron chi connectivity index (χ2n) is 5.04. The molecule has 1 aromatic rings. The molecule has 120 valence electrons. The summed E-state index contributed by atoms with van der Waals surface area (Å²) < 4.78 is 10.8. The summed E-state index contributed by atoms with van der Waals surface area (Å²) in [6.07, 6.45) is 0.878. The molecule has 0 saturated heterocycles. The maximum atomic E-state index is 11.7. The Kier molecular flexibility index (Phi) is 7.31. The summed E-state index contributed by atoms with van der Waals surface area (Å²) >= 11 is 1.30. The summed E-state index contributed by atoms with van der Waals surface area (Å²) in [4.78, 5) is 12.2. The Morgan fingerprint density at radius 2 is 2.14 bits per heavy atom. The summed E-state index contributed by atoms with van der Waals surface area (Å²) in [5.41, 5.74) is 6.31. The summed E-state index contributed by atoms with van der Waals surface area (Å²) in [6.45, 7) is 6.46. The van der Waals surface area contributed by atoms with Crippen LogP contribution in [-0.4, -0.2) is 39.8 Å². The Balaban J connectivity index is 2.53. The van der Waals surface area contributed by atoms with Crippen molar-refractivity contribution in [1.29, 1.82) is 0 Å². The van der Waals surface area contributed by atoms with Crippen molar-refractivity contribution in [2.45, 2.75) is 20.3 Å². The molecule has 0 saturated carbocycles. The van der Waals surface area contributed by atoms with Crippen molar-refractivity contribution < 1.29 is 14.3 Å². The molecule has 1 amide bonds. The predicted octanol–water partition coefficient (Wildman–Crippen LogP) is 2.17. The number of thiophene rings is 1. The Bertz CT molecular complexity index is 461. The highest BCUT2D eigenvalue weighted by atomic mass is 32.1. The van der Waals surface area contributed by atoms with Gasteiger partial charge in [-0.2, -0.15) is 0 Å². The molecule has 0 aliphatic heterocycles. The van der Waals surface area contributed by atoms with E-state index in [0.29, 0.717) is 28.8 Å². The van der Waals surface area contributed by atoms with Gasteiger partial charge in [-0.05, 0) is 12.3 Å². The zero-order chi connectivity index (χ0) is 15.8. The first-order valence-corrected chi connectivity index (χ1v) is 7.82. The smallest absolute Gasteiger partial charge is 0.263 e. The minimum Gasteiger partial charge on any atom is -0.492 e. The van der Waals surface area contributed by atoms with Crippen LogP contribution in [0.15, 0.2) is 0 Å². The van der Waals surface area contributed by atoms with E-state index in [1.807, 2.05) is 0 Å². The number of amides is 1. The van der Waals surface area contributed by atoms with Gasteiger partial charge in [0.05, 0.1) is 7.11 Å². The van der Waals surface area contributed by atoms with Crippen LogP contribution >= 0.6 is 11.3 Å². The van der Waals surface area contributed by atoms with Gasteiger partial charge in [-0.15, -0.1) is 11.3 Å². The van der Waals surface area contributed by atoms with Crippen LogP contribution < -0.4 is 21.1 Å². The van der Waals surface area contributed by atoms with E-state index in [4.69, 9.17) is 15.2 Å². The van der Waals surface area contributed by atoms with E-state index in [1.165, 1.54) is 11.3 Å². The van der Waals surface area contributed by atoms with Crippen molar-refractivity contribution in [3.63, 3.8) is 0 Å². The van der Waals surface area contributed by atoms with E-state index in [9.17, 15) is 4.79 Å². The Morgan fingerprint density at radius 1 is 1.43 bits per heavy atom. The highest BCUT2D eigenvalue weighted by molar-refractivity contribution is 7.19. The fourth-order valence-electron chi connectivity index (χ4n) is 1.73. The third-order valence-electron chi connectivity index (χ3n) is 2.74. The Labute approximate surface area is 130 Å². The molecule has 4 N–H and O–H groups in total. The topological polar surface area (TPSA) is 85.6 Å². The molecule has 0 spiro atoms. The van der Waals surface area contributed by atoms with Crippen molar-refractivity contribution >= 4 is 27.9 Å². The molecular weight excluding hydrogens is 290 g/mol. The molecule has 0 aromatic carbocycles. The van der Waals surface area contributed by atoms with Crippen molar-refractivity contribution in [2.75, 3.05) is 45.0 Å². The van der Waals surface area contributed by atoms with Crippen LogP contribution in [-0.2, 0) is 4.74 Å². The first kappa shape index (κ1) is 17.6. The monoisotopic (exact) mass is 315 g/mol. The number of carbonyl (C=O) groups excluding carboxylic acids is 1. The van der Waals surface area contributed by atoms with Gasteiger partial charge in [-0.25, -0.2) is 0 Å². The van der Waals surface area contributed by atoms with E-state index < -0.39 is 0 Å². The SMILES string of the molecule is CNC(=O)c1sc(NCCCOCC(C)C)c(OC)c1N. The average Bonchev–Trinajstić information content (AvgIpc) is 2.77. The number of methoxy groups -OCH3 is 1. The van der Waals surface area contributed by atoms with Gasteiger partial charge in [-0.3, -0.25) is 4.79 Å². The number of anilines is 2. The zero-order valence-corrected chi connectivity index (χ0v) is 13.9. The maximum Gasteiger partial charge on any atom is 0.263 e. The fourth-order valence-corrected chi connectivity index (χ4v) is 2.79. The van der Waals surface area contributed by atoms with Gasteiger partial charge in [-0.1, -0.05) is 13.8 Å². The number of nitrogens with two attached hydrogens (primary N) is 1. The number of ether oxygens (including phenoxy) is 2. The van der Waals surface area contributed by atoms with Crippen LogP contribution in [0.3, 0.4) is 0 Å². The number of rotatable bonds is 9. The van der Waals surface area contributed by atoms with E-state index in [-0.39, 0.29) is 5.91 Å². The first-order valence-electron chi connectivity index (χ1n) is 7.01. The molecule has 0 bridgehead atoms. The molecule has 1 rings (SSSR count). The minimum absolute atomic E-state index is 0.205. The number of nitrogen functional groups attached to an aromatic ring is 1. The molecule has 21 heavy (non-hydrogen) atoms. The number of nitrogens with one attached hydrogen (secondary N) is 2. The lowest BCUT2D eigenvalue weighted by Gasteiger charge is -2.08. The number of hydrogen-bond acceptors (Lipinski definition) is 6. The van der Waals surface area contributed by atoms with Crippen molar-refractivity contribution in [3.8, 4) is 5.75 Å². The van der Waals surface area contributed by atoms with Crippen LogP contribution in [0.5, 0.6) is 5.75 Å². The van der Waals surface area contributed by atoms with E-state index >= 15 is 0 Å². The van der Waals surface area contributed by atoms with E-state index in [1.54, 1.807) is 14.2 Å². The van der Waals surface area contributed by atoms with Crippen LogP contribution in [0, 0.1) is 5.92 Å². The lowest BCUT2D eigenvalue weighted by Crippen LogP contribution is -2.17.